The Kier molecular flexibility index (Phi) is 5.40. The molecule has 33 heavy (non-hydrogen) atoms. The fourth-order valence-electron chi connectivity index (χ4n) is 7.93. The van der Waals surface area contributed by atoms with Crippen LogP contribution in [0.25, 0.3) is 0 Å². The van der Waals surface area contributed by atoms with E-state index >= 15 is 0 Å². The number of carbonyl (C=O) groups excluding carboxylic acids is 1. The molecule has 4 aliphatic carbocycles. The monoisotopic (exact) mass is 444 g/mol. The highest BCUT2D eigenvalue weighted by atomic mass is 16.1. The summed E-state index contributed by atoms with van der Waals surface area (Å²) in [5.41, 5.74) is 2.95. The summed E-state index contributed by atoms with van der Waals surface area (Å²) in [6, 6.07) is 15.5. The van der Waals surface area contributed by atoms with Crippen molar-refractivity contribution in [3.05, 3.63) is 59.8 Å². The quantitative estimate of drug-likeness (QED) is 0.613. The van der Waals surface area contributed by atoms with Gasteiger partial charge >= 0.3 is 0 Å². The van der Waals surface area contributed by atoms with Crippen LogP contribution in [-0.4, -0.2) is 36.6 Å². The number of hydrogen-bond acceptors (Lipinski definition) is 4. The van der Waals surface area contributed by atoms with E-state index < -0.39 is 0 Å². The first-order valence-electron chi connectivity index (χ1n) is 12.9. The zero-order valence-electron chi connectivity index (χ0n) is 19.5. The molecule has 2 aromatic rings. The van der Waals surface area contributed by atoms with E-state index in [0.717, 1.165) is 50.1 Å². The van der Waals surface area contributed by atoms with E-state index in [-0.39, 0.29) is 11.9 Å². The highest BCUT2D eigenvalue weighted by molar-refractivity contribution is 5.94. The molecule has 4 saturated carbocycles. The van der Waals surface area contributed by atoms with Gasteiger partial charge in [-0.15, -0.1) is 0 Å². The molecule has 3 N–H and O–H groups in total. The number of carbonyl (C=O) groups is 1. The van der Waals surface area contributed by atoms with Crippen molar-refractivity contribution in [2.75, 3.05) is 25.0 Å². The van der Waals surface area contributed by atoms with Crippen LogP contribution in [0.5, 0.6) is 0 Å². The number of pyridine rings is 1. The van der Waals surface area contributed by atoms with E-state index in [4.69, 9.17) is 0 Å². The van der Waals surface area contributed by atoms with Gasteiger partial charge in [0.25, 0.3) is 5.91 Å². The van der Waals surface area contributed by atoms with E-state index in [2.05, 4.69) is 51.3 Å². The Labute approximate surface area is 197 Å². The molecular formula is C28H36N4O. The molecule has 5 aliphatic rings. The van der Waals surface area contributed by atoms with Gasteiger partial charge in [0.15, 0.2) is 0 Å². The van der Waals surface area contributed by atoms with Crippen LogP contribution < -0.4 is 16.0 Å². The Hall–Kier alpha value is -2.40. The third-order valence-electron chi connectivity index (χ3n) is 8.91. The molecule has 1 aromatic carbocycles. The first-order valence-corrected chi connectivity index (χ1v) is 12.9. The van der Waals surface area contributed by atoms with Gasteiger partial charge in [0.2, 0.25) is 0 Å². The van der Waals surface area contributed by atoms with Crippen LogP contribution in [-0.2, 0) is 5.41 Å². The number of benzene rings is 1. The molecule has 5 nitrogen and oxygen atoms in total. The summed E-state index contributed by atoms with van der Waals surface area (Å²) >= 11 is 0. The van der Waals surface area contributed by atoms with Gasteiger partial charge in [-0.25, -0.2) is 4.98 Å². The minimum atomic E-state index is -0.00756. The molecule has 2 heterocycles. The molecule has 2 unspecified atom stereocenters. The second-order valence-corrected chi connectivity index (χ2v) is 11.4. The summed E-state index contributed by atoms with van der Waals surface area (Å²) in [4.78, 5) is 17.2. The number of nitrogens with zero attached hydrogens (tertiary/aromatic N) is 1. The number of hydrogen-bond donors (Lipinski definition) is 3. The van der Waals surface area contributed by atoms with Crippen molar-refractivity contribution in [1.29, 1.82) is 0 Å². The van der Waals surface area contributed by atoms with E-state index in [1.807, 2.05) is 12.1 Å². The molecule has 4 bridgehead atoms. The molecule has 1 amide bonds. The van der Waals surface area contributed by atoms with Crippen LogP contribution in [0, 0.1) is 17.3 Å². The van der Waals surface area contributed by atoms with Gasteiger partial charge in [0, 0.05) is 18.8 Å². The van der Waals surface area contributed by atoms with Crippen molar-refractivity contribution in [2.45, 2.75) is 62.8 Å². The van der Waals surface area contributed by atoms with Crippen molar-refractivity contribution >= 4 is 11.7 Å². The molecule has 7 rings (SSSR count). The van der Waals surface area contributed by atoms with Gasteiger partial charge in [0.1, 0.15) is 5.82 Å². The molecule has 0 spiro atoms. The maximum absolute atomic E-state index is 12.6. The Balaban J connectivity index is 1.12. The maximum atomic E-state index is 12.6. The van der Waals surface area contributed by atoms with Crippen molar-refractivity contribution in [3.63, 3.8) is 0 Å². The molecular weight excluding hydrogens is 408 g/mol. The van der Waals surface area contributed by atoms with Gasteiger partial charge in [-0.1, -0.05) is 30.3 Å². The van der Waals surface area contributed by atoms with Crippen molar-refractivity contribution in [1.82, 2.24) is 15.6 Å². The summed E-state index contributed by atoms with van der Waals surface area (Å²) in [6.07, 6.45) is 11.9. The van der Waals surface area contributed by atoms with E-state index in [0.29, 0.717) is 16.4 Å². The number of rotatable bonds is 6. The van der Waals surface area contributed by atoms with Gasteiger partial charge < -0.3 is 16.0 Å². The minimum Gasteiger partial charge on any atom is -0.370 e. The SMILES string of the molecule is O=C(NC1CCNCC1)c1ccc(NCC23CC4CC(C2)CC(c2ccccc2)(C4)C3)nc1. The number of aromatic nitrogens is 1. The van der Waals surface area contributed by atoms with Crippen molar-refractivity contribution in [2.24, 2.45) is 17.3 Å². The number of nitrogens with one attached hydrogen (secondary N) is 3. The standard InChI is InChI=1S/C28H36N4O/c33-26(32-24-8-10-29-11-9-24)22-6-7-25(30-17-22)31-19-27-13-20-12-21(14-27)16-28(15-20,18-27)23-4-2-1-3-5-23/h1-7,17,20-21,24,29H,8-16,18-19H2,(H,30,31)(H,32,33). The molecule has 5 fully saturated rings. The lowest BCUT2D eigenvalue weighted by Gasteiger charge is -2.62. The number of anilines is 1. The lowest BCUT2D eigenvalue weighted by atomic mass is 9.43. The third-order valence-corrected chi connectivity index (χ3v) is 8.91. The van der Waals surface area contributed by atoms with Gasteiger partial charge in [-0.05, 0) is 105 Å². The Morgan fingerprint density at radius 2 is 1.76 bits per heavy atom. The Bertz CT molecular complexity index is 969. The molecule has 0 radical (unpaired) electrons. The molecule has 1 aromatic heterocycles. The molecule has 1 saturated heterocycles. The van der Waals surface area contributed by atoms with E-state index in [9.17, 15) is 4.79 Å². The normalized spacial score (nSPS) is 33.1. The zero-order chi connectivity index (χ0) is 22.3. The summed E-state index contributed by atoms with van der Waals surface area (Å²) in [7, 11) is 0. The second-order valence-electron chi connectivity index (χ2n) is 11.4. The minimum absolute atomic E-state index is 0.00756. The third kappa shape index (κ3) is 4.16. The molecule has 174 valence electrons. The average molecular weight is 445 g/mol. The van der Waals surface area contributed by atoms with Crippen LogP contribution in [0.1, 0.15) is 67.3 Å². The summed E-state index contributed by atoms with van der Waals surface area (Å²) in [5, 5.41) is 10.2. The fourth-order valence-corrected chi connectivity index (χ4v) is 7.93. The number of piperidine rings is 1. The second kappa shape index (κ2) is 8.43. The van der Waals surface area contributed by atoms with Crippen molar-refractivity contribution in [3.8, 4) is 0 Å². The zero-order valence-corrected chi connectivity index (χ0v) is 19.5. The molecule has 2 atom stereocenters. The first kappa shape index (κ1) is 21.2. The Morgan fingerprint density at radius 1 is 1.00 bits per heavy atom. The predicted octanol–water partition coefficient (Wildman–Crippen LogP) is 4.51. The van der Waals surface area contributed by atoms with Gasteiger partial charge in [-0.2, -0.15) is 0 Å². The highest BCUT2D eigenvalue weighted by Gasteiger charge is 2.57. The largest absolute Gasteiger partial charge is 0.370 e. The molecule has 1 aliphatic heterocycles. The lowest BCUT2D eigenvalue weighted by molar-refractivity contribution is -0.0645. The maximum Gasteiger partial charge on any atom is 0.253 e. The summed E-state index contributed by atoms with van der Waals surface area (Å²) in [6.45, 7) is 2.93. The lowest BCUT2D eigenvalue weighted by Crippen LogP contribution is -2.56. The smallest absolute Gasteiger partial charge is 0.253 e. The van der Waals surface area contributed by atoms with Gasteiger partial charge in [-0.3, -0.25) is 4.79 Å². The Morgan fingerprint density at radius 3 is 2.45 bits per heavy atom. The number of amides is 1. The van der Waals surface area contributed by atoms with E-state index in [1.165, 1.54) is 38.5 Å². The van der Waals surface area contributed by atoms with Crippen LogP contribution in [0.4, 0.5) is 5.82 Å². The molecule has 5 heteroatoms. The van der Waals surface area contributed by atoms with Crippen LogP contribution in [0.15, 0.2) is 48.7 Å². The fraction of sp³-hybridized carbons (Fsp3) is 0.571. The van der Waals surface area contributed by atoms with Gasteiger partial charge in [0.05, 0.1) is 5.56 Å². The topological polar surface area (TPSA) is 66.1 Å². The average Bonchev–Trinajstić information content (AvgIpc) is 2.84. The van der Waals surface area contributed by atoms with Crippen LogP contribution in [0.3, 0.4) is 0 Å². The highest BCUT2D eigenvalue weighted by Crippen LogP contribution is 2.65. The van der Waals surface area contributed by atoms with Crippen LogP contribution >= 0.6 is 0 Å². The first-order chi connectivity index (χ1) is 16.1. The predicted molar refractivity (Wildman–Crippen MR) is 131 cm³/mol. The van der Waals surface area contributed by atoms with Crippen LogP contribution in [0.2, 0.25) is 0 Å². The summed E-state index contributed by atoms with van der Waals surface area (Å²) < 4.78 is 0. The summed E-state index contributed by atoms with van der Waals surface area (Å²) in [5.74, 6) is 2.61. The van der Waals surface area contributed by atoms with E-state index in [1.54, 1.807) is 11.8 Å². The van der Waals surface area contributed by atoms with Crippen molar-refractivity contribution < 1.29 is 4.79 Å².